The van der Waals surface area contributed by atoms with Gasteiger partial charge in [-0.25, -0.2) is 0 Å². The van der Waals surface area contributed by atoms with Crippen molar-refractivity contribution in [1.82, 2.24) is 4.90 Å². The van der Waals surface area contributed by atoms with Crippen molar-refractivity contribution >= 4 is 43.4 Å². The Labute approximate surface area is 277 Å². The monoisotopic (exact) mass is 665 g/mol. The van der Waals surface area contributed by atoms with E-state index in [1.165, 1.54) is 7.11 Å². The van der Waals surface area contributed by atoms with E-state index >= 15 is 0 Å². The van der Waals surface area contributed by atoms with Crippen LogP contribution in [0.2, 0.25) is 18.6 Å². The first-order chi connectivity index (χ1) is 22.4. The standard InChI is InChI=1S/C35H47N3O8Si/c1-24-33(47(3,4)44)29(22-31(41)36(19-20-39)23-25-11-6-5-7-12-25)46-35(24)27-21-26(37-18-10-13-30(37)40)15-16-28(27)38(34(35)43)17-9-8-14-32(42)45-2/h5-7,11-12,15-16,21,24,29,33,39,44H,8-10,13-14,17-20,22-23H2,1-4H3/t24-,29+,33-,35+/m1/s1. The molecule has 0 aliphatic carbocycles. The van der Waals surface area contributed by atoms with Crippen LogP contribution >= 0.6 is 0 Å². The number of aliphatic hydroxyl groups is 1. The molecule has 3 amide bonds. The van der Waals surface area contributed by atoms with Gasteiger partial charge in [-0.15, -0.1) is 0 Å². The predicted octanol–water partition coefficient (Wildman–Crippen LogP) is 3.71. The fourth-order valence-electron chi connectivity index (χ4n) is 7.74. The van der Waals surface area contributed by atoms with Gasteiger partial charge in [0.25, 0.3) is 5.91 Å². The first kappa shape index (κ1) is 34.7. The molecule has 0 saturated carbocycles. The number of nitrogens with zero attached hydrogens (tertiary/aromatic N) is 3. The van der Waals surface area contributed by atoms with E-state index in [9.17, 15) is 29.1 Å². The van der Waals surface area contributed by atoms with Gasteiger partial charge in [-0.1, -0.05) is 37.3 Å². The highest BCUT2D eigenvalue weighted by molar-refractivity contribution is 6.71. The fraction of sp³-hybridized carbons (Fsp3) is 0.543. The molecule has 2 aromatic carbocycles. The zero-order chi connectivity index (χ0) is 33.9. The molecule has 11 nitrogen and oxygen atoms in total. The quantitative estimate of drug-likeness (QED) is 0.188. The number of unbranched alkanes of at least 4 members (excludes halogenated alkanes) is 1. The molecule has 3 aliphatic heterocycles. The third-order valence-electron chi connectivity index (χ3n) is 9.91. The van der Waals surface area contributed by atoms with E-state index in [2.05, 4.69) is 0 Å². The Morgan fingerprint density at radius 3 is 2.51 bits per heavy atom. The zero-order valence-electron chi connectivity index (χ0n) is 27.8. The fourth-order valence-corrected chi connectivity index (χ4v) is 10.3. The summed E-state index contributed by atoms with van der Waals surface area (Å²) >= 11 is 0. The summed E-state index contributed by atoms with van der Waals surface area (Å²) in [6, 6.07) is 15.1. The first-order valence-electron chi connectivity index (χ1n) is 16.6. The van der Waals surface area contributed by atoms with E-state index in [1.54, 1.807) is 14.7 Å². The topological polar surface area (TPSA) is 137 Å². The maximum atomic E-state index is 14.7. The van der Waals surface area contributed by atoms with Crippen molar-refractivity contribution in [3.63, 3.8) is 0 Å². The van der Waals surface area contributed by atoms with Gasteiger partial charge < -0.3 is 34.1 Å². The molecule has 2 aromatic rings. The van der Waals surface area contributed by atoms with Crippen molar-refractivity contribution < 1.29 is 38.6 Å². The SMILES string of the molecule is COC(=O)CCCCN1C(=O)[C@@]2(O[C@@H](CC(=O)N(CCO)Cc3ccccc3)[C@H]([Si](C)(C)O)[C@H]2C)c2cc(N3CCCC3=O)ccc21. The molecule has 4 atom stereocenters. The third kappa shape index (κ3) is 6.87. The van der Waals surface area contributed by atoms with Crippen molar-refractivity contribution in [3.05, 3.63) is 59.7 Å². The van der Waals surface area contributed by atoms with Gasteiger partial charge in [-0.05, 0) is 56.1 Å². The van der Waals surface area contributed by atoms with Gasteiger partial charge in [-0.2, -0.15) is 0 Å². The summed E-state index contributed by atoms with van der Waals surface area (Å²) in [7, 11) is -1.69. The number of carbonyl (C=O) groups is 4. The molecule has 2 saturated heterocycles. The van der Waals surface area contributed by atoms with Crippen LogP contribution in [0.3, 0.4) is 0 Å². The highest BCUT2D eigenvalue weighted by atomic mass is 28.4. The number of rotatable bonds is 13. The Kier molecular flexibility index (Phi) is 10.5. The number of aliphatic hydroxyl groups excluding tert-OH is 1. The van der Waals surface area contributed by atoms with E-state index in [0.29, 0.717) is 55.8 Å². The van der Waals surface area contributed by atoms with E-state index in [-0.39, 0.29) is 49.7 Å². The lowest BCUT2D eigenvalue weighted by atomic mass is 9.82. The average molecular weight is 666 g/mol. The molecule has 0 aromatic heterocycles. The summed E-state index contributed by atoms with van der Waals surface area (Å²) < 4.78 is 11.7. The number of methoxy groups -OCH3 is 1. The lowest BCUT2D eigenvalue weighted by Gasteiger charge is -2.33. The van der Waals surface area contributed by atoms with Crippen LogP contribution in [0, 0.1) is 5.92 Å². The van der Waals surface area contributed by atoms with Crippen LogP contribution in [-0.2, 0) is 40.8 Å². The summed E-state index contributed by atoms with van der Waals surface area (Å²) in [5, 5.41) is 9.79. The molecule has 0 radical (unpaired) electrons. The average Bonchev–Trinajstić information content (AvgIpc) is 3.67. The Balaban J connectivity index is 1.50. The second-order valence-electron chi connectivity index (χ2n) is 13.4. The van der Waals surface area contributed by atoms with Gasteiger partial charge in [0.15, 0.2) is 13.9 Å². The van der Waals surface area contributed by atoms with E-state index in [1.807, 2.05) is 68.5 Å². The van der Waals surface area contributed by atoms with Gasteiger partial charge in [0.1, 0.15) is 0 Å². The molecule has 5 rings (SSSR count). The molecule has 0 bridgehead atoms. The van der Waals surface area contributed by atoms with Crippen LogP contribution < -0.4 is 9.80 Å². The van der Waals surface area contributed by atoms with E-state index < -0.39 is 31.5 Å². The summed E-state index contributed by atoms with van der Waals surface area (Å²) in [4.78, 5) is 69.7. The van der Waals surface area contributed by atoms with Crippen LogP contribution in [-0.4, -0.2) is 86.3 Å². The van der Waals surface area contributed by atoms with Crippen LogP contribution in [0.4, 0.5) is 11.4 Å². The number of fused-ring (bicyclic) bond motifs is 2. The van der Waals surface area contributed by atoms with E-state index in [0.717, 1.165) is 12.0 Å². The summed E-state index contributed by atoms with van der Waals surface area (Å²) in [5.41, 5.74) is 0.980. The largest absolute Gasteiger partial charge is 0.469 e. The van der Waals surface area contributed by atoms with Gasteiger partial charge in [0.05, 0.1) is 31.9 Å². The summed E-state index contributed by atoms with van der Waals surface area (Å²) in [6.45, 7) is 6.73. The minimum atomic E-state index is -3.04. The molecule has 1 spiro atoms. The van der Waals surface area contributed by atoms with Crippen molar-refractivity contribution in [2.24, 2.45) is 5.92 Å². The van der Waals surface area contributed by atoms with Gasteiger partial charge >= 0.3 is 5.97 Å². The maximum Gasteiger partial charge on any atom is 0.305 e. The Morgan fingerprint density at radius 2 is 1.87 bits per heavy atom. The molecule has 12 heteroatoms. The van der Waals surface area contributed by atoms with Crippen LogP contribution in [0.15, 0.2) is 48.5 Å². The number of carbonyl (C=O) groups excluding carboxylic acids is 4. The lowest BCUT2D eigenvalue weighted by Crippen LogP contribution is -2.46. The number of anilines is 2. The number of esters is 1. The molecule has 254 valence electrons. The third-order valence-corrected chi connectivity index (χ3v) is 12.4. The van der Waals surface area contributed by atoms with E-state index in [4.69, 9.17) is 9.47 Å². The number of ether oxygens (including phenoxy) is 2. The number of hydrogen-bond acceptors (Lipinski definition) is 8. The molecular formula is C35H47N3O8Si. The van der Waals surface area contributed by atoms with Gasteiger partial charge in [0, 0.05) is 61.7 Å². The number of hydrogen-bond donors (Lipinski definition) is 2. The normalized spacial score (nSPS) is 23.9. The Bertz CT molecular complexity index is 1480. The summed E-state index contributed by atoms with van der Waals surface area (Å²) in [6.07, 6.45) is 1.73. The Hall–Kier alpha value is -3.58. The molecule has 3 heterocycles. The van der Waals surface area contributed by atoms with Crippen molar-refractivity contribution in [3.8, 4) is 0 Å². The second kappa shape index (κ2) is 14.3. The van der Waals surface area contributed by atoms with Crippen LogP contribution in [0.5, 0.6) is 0 Å². The molecular weight excluding hydrogens is 618 g/mol. The molecule has 3 aliphatic rings. The maximum absolute atomic E-state index is 14.7. The minimum absolute atomic E-state index is 0.0241. The van der Waals surface area contributed by atoms with Crippen molar-refractivity contribution in [2.45, 2.75) is 82.3 Å². The highest BCUT2D eigenvalue weighted by Crippen LogP contribution is 2.60. The Morgan fingerprint density at radius 1 is 1.13 bits per heavy atom. The molecule has 47 heavy (non-hydrogen) atoms. The minimum Gasteiger partial charge on any atom is -0.469 e. The van der Waals surface area contributed by atoms with Crippen LogP contribution in [0.1, 0.15) is 56.6 Å². The van der Waals surface area contributed by atoms with Crippen molar-refractivity contribution in [1.29, 1.82) is 0 Å². The molecule has 2 fully saturated rings. The second-order valence-corrected chi connectivity index (χ2v) is 17.4. The smallest absolute Gasteiger partial charge is 0.305 e. The first-order valence-corrected chi connectivity index (χ1v) is 19.6. The summed E-state index contributed by atoms with van der Waals surface area (Å²) in [5.74, 6) is -1.27. The molecule has 0 unspecified atom stereocenters. The molecule has 2 N–H and O–H groups in total. The number of amides is 3. The lowest BCUT2D eigenvalue weighted by molar-refractivity contribution is -0.150. The van der Waals surface area contributed by atoms with Gasteiger partial charge in [0.2, 0.25) is 11.8 Å². The highest BCUT2D eigenvalue weighted by Gasteiger charge is 2.66. The van der Waals surface area contributed by atoms with Crippen LogP contribution in [0.25, 0.3) is 0 Å². The number of benzene rings is 2. The van der Waals surface area contributed by atoms with Gasteiger partial charge in [-0.3, -0.25) is 19.2 Å². The zero-order valence-corrected chi connectivity index (χ0v) is 28.8. The van der Waals surface area contributed by atoms with Crippen molar-refractivity contribution in [2.75, 3.05) is 43.2 Å². The predicted molar refractivity (Wildman–Crippen MR) is 179 cm³/mol.